The van der Waals surface area contributed by atoms with Crippen LogP contribution >= 0.6 is 11.8 Å². The Bertz CT molecular complexity index is 1260. The van der Waals surface area contributed by atoms with Crippen LogP contribution in [0.15, 0.2) is 84.3 Å². The number of nitrogens with one attached hydrogen (secondary N) is 2. The van der Waals surface area contributed by atoms with Crippen LogP contribution in [0.3, 0.4) is 0 Å². The molecule has 2 aromatic heterocycles. The summed E-state index contributed by atoms with van der Waals surface area (Å²) in [5.74, 6) is 0.183. The van der Waals surface area contributed by atoms with Gasteiger partial charge in [0.05, 0.1) is 5.69 Å². The highest BCUT2D eigenvalue weighted by molar-refractivity contribution is 8.00. The topological polar surface area (TPSA) is 102 Å². The van der Waals surface area contributed by atoms with Gasteiger partial charge in [0.25, 0.3) is 0 Å². The summed E-state index contributed by atoms with van der Waals surface area (Å²) in [5, 5.41) is 13.5. The second kappa shape index (κ2) is 10.1. The number of aromatic nitrogens is 4. The molecule has 1 atom stereocenters. The van der Waals surface area contributed by atoms with Crippen molar-refractivity contribution in [2.75, 3.05) is 7.05 Å². The number of imide groups is 1. The molecule has 2 N–H and O–H groups in total. The summed E-state index contributed by atoms with van der Waals surface area (Å²) >= 11 is 1.23. The van der Waals surface area contributed by atoms with Crippen LogP contribution in [0.4, 0.5) is 4.79 Å². The Hall–Kier alpha value is -3.98. The van der Waals surface area contributed by atoms with Gasteiger partial charge in [0.2, 0.25) is 5.91 Å². The quantitative estimate of drug-likeness (QED) is 0.425. The number of carbonyl (C=O) groups excluding carboxylic acids is 2. The van der Waals surface area contributed by atoms with E-state index in [9.17, 15) is 9.59 Å². The minimum atomic E-state index is -0.722. The normalized spacial score (nSPS) is 11.6. The molecule has 0 spiro atoms. The molecule has 0 saturated heterocycles. The number of para-hydroxylation sites is 1. The number of nitrogens with zero attached hydrogens (tertiary/aromatic N) is 4. The van der Waals surface area contributed by atoms with Crippen molar-refractivity contribution in [3.8, 4) is 17.1 Å². The van der Waals surface area contributed by atoms with E-state index in [4.69, 9.17) is 0 Å². The van der Waals surface area contributed by atoms with Gasteiger partial charge in [-0.1, -0.05) is 60.3 Å². The minimum absolute atomic E-state index is 0.449. The number of hydrogen-bond acceptors (Lipinski definition) is 6. The molecule has 3 amide bonds. The Kier molecular flexibility index (Phi) is 6.80. The largest absolute Gasteiger partial charge is 0.341 e. The van der Waals surface area contributed by atoms with E-state index in [0.717, 1.165) is 22.4 Å². The maximum absolute atomic E-state index is 13.1. The van der Waals surface area contributed by atoms with Crippen LogP contribution in [0.5, 0.6) is 0 Å². The molecule has 0 unspecified atom stereocenters. The van der Waals surface area contributed by atoms with E-state index in [1.54, 1.807) is 12.4 Å². The second-order valence-corrected chi connectivity index (χ2v) is 8.21. The van der Waals surface area contributed by atoms with Crippen LogP contribution in [0.2, 0.25) is 0 Å². The first kappa shape index (κ1) is 22.2. The maximum atomic E-state index is 13.1. The van der Waals surface area contributed by atoms with E-state index < -0.39 is 17.2 Å². The maximum Gasteiger partial charge on any atom is 0.321 e. The SMILES string of the molecule is CNC(=O)NC(=O)[C@@H](Sc1nnc(-c2ccncc2)n1-c1ccccc1C)c1ccccc1. The van der Waals surface area contributed by atoms with Gasteiger partial charge in [-0.05, 0) is 36.2 Å². The molecular formula is C24H22N6O2S. The third-order valence-corrected chi connectivity index (χ3v) is 6.15. The smallest absolute Gasteiger partial charge is 0.321 e. The van der Waals surface area contributed by atoms with Gasteiger partial charge in [0, 0.05) is 25.0 Å². The number of carbonyl (C=O) groups is 2. The van der Waals surface area contributed by atoms with Gasteiger partial charge in [-0.25, -0.2) is 4.79 Å². The lowest BCUT2D eigenvalue weighted by Gasteiger charge is -2.18. The Morgan fingerprint density at radius 2 is 1.64 bits per heavy atom. The standard InChI is InChI=1S/C24H22N6O2S/c1-16-8-6-7-11-19(16)30-21(18-12-14-26-15-13-18)28-29-24(30)33-20(17-9-4-3-5-10-17)22(31)27-23(32)25-2/h3-15,20H,1-2H3,(H2,25,27,31,32)/t20-/m0/s1. The molecular weight excluding hydrogens is 436 g/mol. The van der Waals surface area contributed by atoms with E-state index in [1.165, 1.54) is 18.8 Å². The van der Waals surface area contributed by atoms with Crippen LogP contribution in [0.1, 0.15) is 16.4 Å². The van der Waals surface area contributed by atoms with E-state index in [0.29, 0.717) is 11.0 Å². The van der Waals surface area contributed by atoms with Crippen molar-refractivity contribution in [1.29, 1.82) is 0 Å². The second-order valence-electron chi connectivity index (χ2n) is 7.14. The number of pyridine rings is 1. The van der Waals surface area contributed by atoms with Crippen molar-refractivity contribution in [3.63, 3.8) is 0 Å². The highest BCUT2D eigenvalue weighted by atomic mass is 32.2. The molecule has 0 aliphatic carbocycles. The molecule has 0 saturated carbocycles. The Balaban J connectivity index is 1.81. The van der Waals surface area contributed by atoms with Crippen molar-refractivity contribution in [2.24, 2.45) is 0 Å². The van der Waals surface area contributed by atoms with Crippen molar-refractivity contribution < 1.29 is 9.59 Å². The lowest BCUT2D eigenvalue weighted by Crippen LogP contribution is -2.39. The van der Waals surface area contributed by atoms with E-state index in [1.807, 2.05) is 78.2 Å². The Labute approximate surface area is 195 Å². The van der Waals surface area contributed by atoms with Gasteiger partial charge in [-0.2, -0.15) is 0 Å². The first-order valence-electron chi connectivity index (χ1n) is 10.2. The summed E-state index contributed by atoms with van der Waals surface area (Å²) in [7, 11) is 1.46. The minimum Gasteiger partial charge on any atom is -0.341 e. The fraction of sp³-hybridized carbons (Fsp3) is 0.125. The molecule has 0 aliphatic rings. The number of rotatable bonds is 6. The van der Waals surface area contributed by atoms with E-state index in [2.05, 4.69) is 25.8 Å². The monoisotopic (exact) mass is 458 g/mol. The van der Waals surface area contributed by atoms with Gasteiger partial charge < -0.3 is 5.32 Å². The third kappa shape index (κ3) is 4.93. The highest BCUT2D eigenvalue weighted by Gasteiger charge is 2.28. The molecule has 9 heteroatoms. The molecule has 33 heavy (non-hydrogen) atoms. The average Bonchev–Trinajstić information content (AvgIpc) is 3.27. The fourth-order valence-corrected chi connectivity index (χ4v) is 4.36. The number of thioether (sulfide) groups is 1. The number of benzene rings is 2. The predicted octanol–water partition coefficient (Wildman–Crippen LogP) is 3.93. The zero-order chi connectivity index (χ0) is 23.2. The Morgan fingerprint density at radius 1 is 0.939 bits per heavy atom. The summed E-state index contributed by atoms with van der Waals surface area (Å²) in [6.45, 7) is 2.01. The summed E-state index contributed by atoms with van der Waals surface area (Å²) in [4.78, 5) is 29.0. The number of urea groups is 1. The molecule has 166 valence electrons. The number of amides is 3. The van der Waals surface area contributed by atoms with Crippen LogP contribution < -0.4 is 10.6 Å². The van der Waals surface area contributed by atoms with E-state index >= 15 is 0 Å². The van der Waals surface area contributed by atoms with Crippen LogP contribution in [0, 0.1) is 6.92 Å². The first-order valence-corrected chi connectivity index (χ1v) is 11.1. The predicted molar refractivity (Wildman–Crippen MR) is 127 cm³/mol. The zero-order valence-electron chi connectivity index (χ0n) is 18.1. The van der Waals surface area contributed by atoms with Gasteiger partial charge in [0.15, 0.2) is 11.0 Å². The summed E-state index contributed by atoms with van der Waals surface area (Å²) in [5.41, 5.74) is 3.52. The van der Waals surface area contributed by atoms with Crippen LogP contribution in [-0.2, 0) is 4.79 Å². The lowest BCUT2D eigenvalue weighted by atomic mass is 10.1. The molecule has 4 aromatic rings. The summed E-state index contributed by atoms with van der Waals surface area (Å²) in [6, 6.07) is 20.3. The summed E-state index contributed by atoms with van der Waals surface area (Å²) < 4.78 is 1.93. The zero-order valence-corrected chi connectivity index (χ0v) is 18.9. The fourth-order valence-electron chi connectivity index (χ4n) is 3.31. The molecule has 4 rings (SSSR count). The molecule has 0 aliphatic heterocycles. The van der Waals surface area contributed by atoms with Gasteiger partial charge >= 0.3 is 6.03 Å². The summed E-state index contributed by atoms with van der Waals surface area (Å²) in [6.07, 6.45) is 3.39. The van der Waals surface area contributed by atoms with Gasteiger partial charge in [0.1, 0.15) is 5.25 Å². The number of hydrogen-bond donors (Lipinski definition) is 2. The first-order chi connectivity index (χ1) is 16.1. The highest BCUT2D eigenvalue weighted by Crippen LogP contribution is 2.38. The average molecular weight is 459 g/mol. The van der Waals surface area contributed by atoms with Crippen molar-refractivity contribution in [2.45, 2.75) is 17.3 Å². The number of aryl methyl sites for hydroxylation is 1. The molecule has 0 fully saturated rings. The van der Waals surface area contributed by atoms with Crippen LogP contribution in [-0.4, -0.2) is 38.7 Å². The Morgan fingerprint density at radius 3 is 2.33 bits per heavy atom. The van der Waals surface area contributed by atoms with Gasteiger partial charge in [-0.15, -0.1) is 10.2 Å². The molecule has 8 nitrogen and oxygen atoms in total. The molecule has 0 radical (unpaired) electrons. The van der Waals surface area contributed by atoms with Gasteiger partial charge in [-0.3, -0.25) is 19.7 Å². The van der Waals surface area contributed by atoms with Crippen LogP contribution in [0.25, 0.3) is 17.1 Å². The third-order valence-electron chi connectivity index (χ3n) is 4.96. The van der Waals surface area contributed by atoms with Crippen molar-refractivity contribution >= 4 is 23.7 Å². The lowest BCUT2D eigenvalue weighted by molar-refractivity contribution is -0.119. The molecule has 2 aromatic carbocycles. The molecule has 0 bridgehead atoms. The van der Waals surface area contributed by atoms with E-state index in [-0.39, 0.29) is 0 Å². The van der Waals surface area contributed by atoms with Crippen molar-refractivity contribution in [3.05, 3.63) is 90.3 Å². The van der Waals surface area contributed by atoms with Crippen molar-refractivity contribution in [1.82, 2.24) is 30.4 Å². The molecule has 2 heterocycles.